The molecule has 6 nitrogen and oxygen atoms in total. The highest BCUT2D eigenvalue weighted by molar-refractivity contribution is 5.81. The standard InChI is InChI=1S/C14H25NO5/c1-9(8-19-5)11(12(16)17)15(10-6-7-10)13(18)20-14(2,3)4/h9-11H,6-8H2,1-5H3,(H,16,17). The van der Waals surface area contributed by atoms with Crippen molar-refractivity contribution in [3.63, 3.8) is 0 Å². The van der Waals surface area contributed by atoms with Gasteiger partial charge < -0.3 is 14.6 Å². The van der Waals surface area contributed by atoms with Gasteiger partial charge in [-0.2, -0.15) is 0 Å². The summed E-state index contributed by atoms with van der Waals surface area (Å²) < 4.78 is 10.4. The van der Waals surface area contributed by atoms with Crippen molar-refractivity contribution >= 4 is 12.1 Å². The van der Waals surface area contributed by atoms with Crippen molar-refractivity contribution in [3.05, 3.63) is 0 Å². The molecule has 1 fully saturated rings. The molecule has 0 aliphatic heterocycles. The third-order valence-corrected chi connectivity index (χ3v) is 3.07. The Kier molecular flexibility index (Phi) is 5.39. The van der Waals surface area contributed by atoms with Gasteiger partial charge >= 0.3 is 12.1 Å². The molecule has 20 heavy (non-hydrogen) atoms. The van der Waals surface area contributed by atoms with Crippen LogP contribution in [0.4, 0.5) is 4.79 Å². The van der Waals surface area contributed by atoms with Crippen molar-refractivity contribution < 1.29 is 24.2 Å². The highest BCUT2D eigenvalue weighted by Crippen LogP contribution is 2.32. The van der Waals surface area contributed by atoms with E-state index in [2.05, 4.69) is 0 Å². The monoisotopic (exact) mass is 287 g/mol. The first-order valence-electron chi connectivity index (χ1n) is 6.90. The highest BCUT2D eigenvalue weighted by Gasteiger charge is 2.44. The minimum absolute atomic E-state index is 0.0368. The SMILES string of the molecule is COCC(C)C(C(=O)O)N(C(=O)OC(C)(C)C)C1CC1. The second kappa shape index (κ2) is 6.43. The maximum absolute atomic E-state index is 12.3. The topological polar surface area (TPSA) is 76.1 Å². The number of methoxy groups -OCH3 is 1. The van der Waals surface area contributed by atoms with E-state index in [9.17, 15) is 14.7 Å². The van der Waals surface area contributed by atoms with Crippen LogP contribution in [-0.4, -0.2) is 53.5 Å². The molecule has 0 spiro atoms. The van der Waals surface area contributed by atoms with Crippen LogP contribution in [0.15, 0.2) is 0 Å². The predicted octanol–water partition coefficient (Wildman–Crippen LogP) is 2.12. The lowest BCUT2D eigenvalue weighted by molar-refractivity contribution is -0.146. The van der Waals surface area contributed by atoms with E-state index in [1.807, 2.05) is 0 Å². The Morgan fingerprint density at radius 3 is 2.25 bits per heavy atom. The minimum atomic E-state index is -1.02. The number of ether oxygens (including phenoxy) is 2. The summed E-state index contributed by atoms with van der Waals surface area (Å²) in [5.74, 6) is -1.32. The number of nitrogens with zero attached hydrogens (tertiary/aromatic N) is 1. The molecule has 6 heteroatoms. The van der Waals surface area contributed by atoms with Gasteiger partial charge in [-0.1, -0.05) is 6.92 Å². The smallest absolute Gasteiger partial charge is 0.411 e. The van der Waals surface area contributed by atoms with Crippen LogP contribution in [0.1, 0.15) is 40.5 Å². The first kappa shape index (κ1) is 16.8. The molecule has 1 N–H and O–H groups in total. The van der Waals surface area contributed by atoms with Gasteiger partial charge in [0.15, 0.2) is 0 Å². The molecule has 116 valence electrons. The summed E-state index contributed by atoms with van der Waals surface area (Å²) in [7, 11) is 1.52. The molecule has 2 unspecified atom stereocenters. The molecule has 1 saturated carbocycles. The Labute approximate surface area is 120 Å². The Bertz CT molecular complexity index is 359. The van der Waals surface area contributed by atoms with E-state index < -0.39 is 23.7 Å². The van der Waals surface area contributed by atoms with Crippen LogP contribution in [0.2, 0.25) is 0 Å². The first-order valence-corrected chi connectivity index (χ1v) is 6.90. The van der Waals surface area contributed by atoms with E-state index in [4.69, 9.17) is 9.47 Å². The molecule has 1 amide bonds. The van der Waals surface area contributed by atoms with Crippen LogP contribution in [0.25, 0.3) is 0 Å². The van der Waals surface area contributed by atoms with E-state index in [1.54, 1.807) is 27.7 Å². The lowest BCUT2D eigenvalue weighted by Gasteiger charge is -2.34. The van der Waals surface area contributed by atoms with Crippen molar-refractivity contribution in [2.45, 2.75) is 58.2 Å². The van der Waals surface area contributed by atoms with Crippen LogP contribution in [0.5, 0.6) is 0 Å². The minimum Gasteiger partial charge on any atom is -0.480 e. The van der Waals surface area contributed by atoms with Crippen molar-refractivity contribution in [2.75, 3.05) is 13.7 Å². The summed E-state index contributed by atoms with van der Waals surface area (Å²) >= 11 is 0. The van der Waals surface area contributed by atoms with E-state index >= 15 is 0 Å². The van der Waals surface area contributed by atoms with Gasteiger partial charge in [0.05, 0.1) is 6.61 Å². The quantitative estimate of drug-likeness (QED) is 0.809. The summed E-state index contributed by atoms with van der Waals surface area (Å²) in [6.07, 6.45) is 1.08. The van der Waals surface area contributed by atoms with Gasteiger partial charge in [-0.3, -0.25) is 4.90 Å². The summed E-state index contributed by atoms with van der Waals surface area (Å²) in [5.41, 5.74) is -0.641. The van der Waals surface area contributed by atoms with Crippen LogP contribution >= 0.6 is 0 Å². The zero-order valence-corrected chi connectivity index (χ0v) is 12.9. The van der Waals surface area contributed by atoms with Gasteiger partial charge in [-0.15, -0.1) is 0 Å². The van der Waals surface area contributed by atoms with Crippen molar-refractivity contribution in [3.8, 4) is 0 Å². The molecule has 0 bridgehead atoms. The second-order valence-corrected chi connectivity index (χ2v) is 6.33. The zero-order chi connectivity index (χ0) is 15.5. The third-order valence-electron chi connectivity index (χ3n) is 3.07. The van der Waals surface area contributed by atoms with Crippen molar-refractivity contribution in [1.29, 1.82) is 0 Å². The zero-order valence-electron chi connectivity index (χ0n) is 12.9. The number of amides is 1. The van der Waals surface area contributed by atoms with E-state index in [1.165, 1.54) is 12.0 Å². The molecule has 2 atom stereocenters. The average molecular weight is 287 g/mol. The summed E-state index contributed by atoms with van der Waals surface area (Å²) in [6.45, 7) is 7.35. The summed E-state index contributed by atoms with van der Waals surface area (Å²) in [5, 5.41) is 9.46. The number of carbonyl (C=O) groups is 2. The first-order chi connectivity index (χ1) is 9.17. The molecule has 0 aromatic rings. The van der Waals surface area contributed by atoms with Crippen LogP contribution in [-0.2, 0) is 14.3 Å². The number of carboxylic acids is 1. The van der Waals surface area contributed by atoms with E-state index in [0.717, 1.165) is 12.8 Å². The van der Waals surface area contributed by atoms with Gasteiger partial charge in [0.1, 0.15) is 11.6 Å². The summed E-state index contributed by atoms with van der Waals surface area (Å²) in [6, 6.07) is -0.956. The molecule has 0 aromatic heterocycles. The Morgan fingerprint density at radius 1 is 1.35 bits per heavy atom. The molecule has 0 aromatic carbocycles. The molecular weight excluding hydrogens is 262 g/mol. The maximum Gasteiger partial charge on any atom is 0.411 e. The molecule has 1 aliphatic carbocycles. The fourth-order valence-electron chi connectivity index (χ4n) is 2.15. The normalized spacial score (nSPS) is 18.2. The lowest BCUT2D eigenvalue weighted by Crippen LogP contribution is -2.52. The van der Waals surface area contributed by atoms with Gasteiger partial charge in [0, 0.05) is 19.1 Å². The number of rotatable bonds is 6. The maximum atomic E-state index is 12.3. The molecule has 1 aliphatic rings. The molecular formula is C14H25NO5. The van der Waals surface area contributed by atoms with E-state index in [-0.39, 0.29) is 18.6 Å². The largest absolute Gasteiger partial charge is 0.480 e. The highest BCUT2D eigenvalue weighted by atomic mass is 16.6. The average Bonchev–Trinajstić information content (AvgIpc) is 3.06. The van der Waals surface area contributed by atoms with Crippen LogP contribution in [0.3, 0.4) is 0 Å². The number of hydrogen-bond donors (Lipinski definition) is 1. The molecule has 1 rings (SSSR count). The number of carboxylic acid groups (broad SMARTS) is 1. The second-order valence-electron chi connectivity index (χ2n) is 6.33. The predicted molar refractivity (Wildman–Crippen MR) is 73.6 cm³/mol. The molecule has 0 radical (unpaired) electrons. The van der Waals surface area contributed by atoms with Gasteiger partial charge in [-0.05, 0) is 33.6 Å². The number of carbonyl (C=O) groups excluding carboxylic acids is 1. The van der Waals surface area contributed by atoms with Crippen molar-refractivity contribution in [1.82, 2.24) is 4.90 Å². The third kappa shape index (κ3) is 4.67. The molecule has 0 heterocycles. The van der Waals surface area contributed by atoms with Crippen LogP contribution in [0, 0.1) is 5.92 Å². The van der Waals surface area contributed by atoms with Gasteiger partial charge in [0.2, 0.25) is 0 Å². The number of aliphatic carboxylic acids is 1. The Hall–Kier alpha value is -1.30. The fourth-order valence-corrected chi connectivity index (χ4v) is 2.15. The Morgan fingerprint density at radius 2 is 1.90 bits per heavy atom. The fraction of sp³-hybridized carbons (Fsp3) is 0.857. The van der Waals surface area contributed by atoms with Gasteiger partial charge in [-0.25, -0.2) is 9.59 Å². The Balaban J connectivity index is 2.91. The number of hydrogen-bond acceptors (Lipinski definition) is 4. The van der Waals surface area contributed by atoms with Crippen LogP contribution < -0.4 is 0 Å². The van der Waals surface area contributed by atoms with Crippen molar-refractivity contribution in [2.24, 2.45) is 5.92 Å². The molecule has 0 saturated heterocycles. The summed E-state index contributed by atoms with van der Waals surface area (Å²) in [4.78, 5) is 25.2. The van der Waals surface area contributed by atoms with Gasteiger partial charge in [0.25, 0.3) is 0 Å². The lowest BCUT2D eigenvalue weighted by atomic mass is 10.0. The van der Waals surface area contributed by atoms with E-state index in [0.29, 0.717) is 0 Å².